The van der Waals surface area contributed by atoms with Gasteiger partial charge in [-0.1, -0.05) is 13.8 Å². The summed E-state index contributed by atoms with van der Waals surface area (Å²) >= 11 is 0. The van der Waals surface area contributed by atoms with Gasteiger partial charge in [0.2, 0.25) is 16.0 Å². The van der Waals surface area contributed by atoms with Gasteiger partial charge in [0.15, 0.2) is 0 Å². The first-order chi connectivity index (χ1) is 8.87. The highest BCUT2D eigenvalue weighted by molar-refractivity contribution is 7.89. The van der Waals surface area contributed by atoms with Gasteiger partial charge in [-0.05, 0) is 19.3 Å². The molecule has 7 heteroatoms. The van der Waals surface area contributed by atoms with E-state index in [0.717, 1.165) is 6.42 Å². The molecule has 0 saturated heterocycles. The van der Waals surface area contributed by atoms with Crippen LogP contribution in [0.1, 0.15) is 27.2 Å². The predicted molar refractivity (Wildman–Crippen MR) is 75.5 cm³/mol. The molecule has 0 aromatic carbocycles. The number of rotatable bonds is 7. The number of anilines is 1. The molecule has 1 aromatic rings. The van der Waals surface area contributed by atoms with Crippen molar-refractivity contribution in [3.8, 4) is 0 Å². The van der Waals surface area contributed by atoms with Crippen molar-refractivity contribution in [1.29, 1.82) is 0 Å². The summed E-state index contributed by atoms with van der Waals surface area (Å²) in [6.45, 7) is 7.24. The molecule has 6 nitrogen and oxygen atoms in total. The molecule has 1 aromatic heterocycles. The summed E-state index contributed by atoms with van der Waals surface area (Å²) in [6, 6.07) is 0. The van der Waals surface area contributed by atoms with E-state index < -0.39 is 10.0 Å². The second-order valence-electron chi connectivity index (χ2n) is 4.78. The van der Waals surface area contributed by atoms with Gasteiger partial charge in [-0.15, -0.1) is 0 Å². The van der Waals surface area contributed by atoms with Gasteiger partial charge in [-0.25, -0.2) is 22.7 Å². The third kappa shape index (κ3) is 4.43. The Kier molecular flexibility index (Phi) is 5.68. The molecule has 0 aliphatic rings. The zero-order chi connectivity index (χ0) is 14.5. The molecule has 0 radical (unpaired) electrons. The van der Waals surface area contributed by atoms with Crippen LogP contribution in [0.15, 0.2) is 17.3 Å². The molecular formula is C12H22N4O2S. The summed E-state index contributed by atoms with van der Waals surface area (Å²) < 4.78 is 25.8. The largest absolute Gasteiger partial charge is 0.355 e. The van der Waals surface area contributed by atoms with E-state index in [1.807, 2.05) is 6.92 Å². The lowest BCUT2D eigenvalue weighted by atomic mass is 10.1. The van der Waals surface area contributed by atoms with E-state index in [1.165, 1.54) is 16.7 Å². The summed E-state index contributed by atoms with van der Waals surface area (Å²) in [5, 5.41) is 2.92. The molecule has 0 bridgehead atoms. The fraction of sp³-hybridized carbons (Fsp3) is 0.667. The Labute approximate surface area is 115 Å². The summed E-state index contributed by atoms with van der Waals surface area (Å²) in [4.78, 5) is 8.09. The van der Waals surface area contributed by atoms with Crippen molar-refractivity contribution in [1.82, 2.24) is 14.3 Å². The van der Waals surface area contributed by atoms with E-state index in [-0.39, 0.29) is 4.90 Å². The van der Waals surface area contributed by atoms with Crippen LogP contribution in [0.5, 0.6) is 0 Å². The SMILES string of the molecule is CCNc1ncc(S(=O)(=O)N(C)CCC(C)C)cn1. The third-order valence-corrected chi connectivity index (χ3v) is 4.50. The van der Waals surface area contributed by atoms with Gasteiger partial charge in [-0.2, -0.15) is 0 Å². The van der Waals surface area contributed by atoms with Crippen molar-refractivity contribution in [3.05, 3.63) is 12.4 Å². The molecule has 1 rings (SSSR count). The highest BCUT2D eigenvalue weighted by Gasteiger charge is 2.21. The van der Waals surface area contributed by atoms with Crippen LogP contribution in [-0.2, 0) is 10.0 Å². The van der Waals surface area contributed by atoms with E-state index in [0.29, 0.717) is 25.0 Å². The van der Waals surface area contributed by atoms with Gasteiger partial charge >= 0.3 is 0 Å². The summed E-state index contributed by atoms with van der Waals surface area (Å²) in [6.07, 6.45) is 3.50. The smallest absolute Gasteiger partial charge is 0.245 e. The zero-order valence-corrected chi connectivity index (χ0v) is 12.7. The van der Waals surface area contributed by atoms with Crippen LogP contribution in [0.25, 0.3) is 0 Å². The number of nitrogens with one attached hydrogen (secondary N) is 1. The number of hydrogen-bond acceptors (Lipinski definition) is 5. The molecule has 0 atom stereocenters. The molecule has 108 valence electrons. The van der Waals surface area contributed by atoms with Gasteiger partial charge in [-0.3, -0.25) is 0 Å². The number of aromatic nitrogens is 2. The van der Waals surface area contributed by atoms with Crippen molar-refractivity contribution in [2.75, 3.05) is 25.5 Å². The van der Waals surface area contributed by atoms with E-state index in [1.54, 1.807) is 7.05 Å². The lowest BCUT2D eigenvalue weighted by Gasteiger charge is -2.17. The van der Waals surface area contributed by atoms with Crippen molar-refractivity contribution < 1.29 is 8.42 Å². The lowest BCUT2D eigenvalue weighted by Crippen LogP contribution is -2.29. The zero-order valence-electron chi connectivity index (χ0n) is 11.9. The minimum absolute atomic E-state index is 0.125. The van der Waals surface area contributed by atoms with Crippen molar-refractivity contribution in [2.45, 2.75) is 32.1 Å². The summed E-state index contributed by atoms with van der Waals surface area (Å²) in [5.74, 6) is 0.899. The number of hydrogen-bond donors (Lipinski definition) is 1. The summed E-state index contributed by atoms with van der Waals surface area (Å²) in [5.41, 5.74) is 0. The maximum Gasteiger partial charge on any atom is 0.245 e. The van der Waals surface area contributed by atoms with E-state index in [4.69, 9.17) is 0 Å². The number of sulfonamides is 1. The Morgan fingerprint density at radius 1 is 1.32 bits per heavy atom. The van der Waals surface area contributed by atoms with Gasteiger partial charge in [0.1, 0.15) is 4.90 Å². The van der Waals surface area contributed by atoms with Gasteiger partial charge < -0.3 is 5.32 Å². The first kappa shape index (κ1) is 15.8. The quantitative estimate of drug-likeness (QED) is 0.823. The topological polar surface area (TPSA) is 75.2 Å². The molecule has 1 N–H and O–H groups in total. The Bertz CT molecular complexity index is 485. The van der Waals surface area contributed by atoms with Crippen LogP contribution < -0.4 is 5.32 Å². The monoisotopic (exact) mass is 286 g/mol. The van der Waals surface area contributed by atoms with Gasteiger partial charge in [0, 0.05) is 20.1 Å². The fourth-order valence-electron chi connectivity index (χ4n) is 1.44. The van der Waals surface area contributed by atoms with E-state index >= 15 is 0 Å². The lowest BCUT2D eigenvalue weighted by molar-refractivity contribution is 0.427. The molecule has 0 aliphatic carbocycles. The second kappa shape index (κ2) is 6.81. The van der Waals surface area contributed by atoms with Crippen LogP contribution >= 0.6 is 0 Å². The van der Waals surface area contributed by atoms with E-state index in [2.05, 4.69) is 29.1 Å². The standard InChI is InChI=1S/C12H22N4O2S/c1-5-13-12-14-8-11(9-15-12)19(17,18)16(4)7-6-10(2)3/h8-10H,5-7H2,1-4H3,(H,13,14,15). The van der Waals surface area contributed by atoms with E-state index in [9.17, 15) is 8.42 Å². The van der Waals surface area contributed by atoms with Gasteiger partial charge in [0.05, 0.1) is 12.4 Å². The first-order valence-corrected chi connectivity index (χ1v) is 7.84. The molecule has 0 unspecified atom stereocenters. The molecule has 0 saturated carbocycles. The highest BCUT2D eigenvalue weighted by atomic mass is 32.2. The Balaban J connectivity index is 2.81. The highest BCUT2D eigenvalue weighted by Crippen LogP contribution is 2.14. The molecule has 0 spiro atoms. The average molecular weight is 286 g/mol. The summed E-state index contributed by atoms with van der Waals surface area (Å²) in [7, 11) is -1.91. The first-order valence-electron chi connectivity index (χ1n) is 6.40. The van der Waals surface area contributed by atoms with Gasteiger partial charge in [0.25, 0.3) is 0 Å². The molecular weight excluding hydrogens is 264 g/mol. The van der Waals surface area contributed by atoms with Crippen LogP contribution in [0.2, 0.25) is 0 Å². The van der Waals surface area contributed by atoms with Crippen LogP contribution in [0.3, 0.4) is 0 Å². The molecule has 0 amide bonds. The van der Waals surface area contributed by atoms with Crippen LogP contribution in [-0.4, -0.2) is 42.8 Å². The number of nitrogens with zero attached hydrogens (tertiary/aromatic N) is 3. The Morgan fingerprint density at radius 3 is 2.37 bits per heavy atom. The molecule has 0 aliphatic heterocycles. The normalized spacial score (nSPS) is 12.1. The minimum Gasteiger partial charge on any atom is -0.355 e. The third-order valence-electron chi connectivity index (χ3n) is 2.69. The minimum atomic E-state index is -3.49. The Hall–Kier alpha value is -1.21. The fourth-order valence-corrected chi connectivity index (χ4v) is 2.52. The molecule has 0 fully saturated rings. The average Bonchev–Trinajstić information content (AvgIpc) is 2.36. The second-order valence-corrected chi connectivity index (χ2v) is 6.83. The van der Waals surface area contributed by atoms with Crippen molar-refractivity contribution in [2.24, 2.45) is 5.92 Å². The molecule has 1 heterocycles. The maximum absolute atomic E-state index is 12.2. The predicted octanol–water partition coefficient (Wildman–Crippen LogP) is 1.57. The van der Waals surface area contributed by atoms with Crippen LogP contribution in [0.4, 0.5) is 5.95 Å². The van der Waals surface area contributed by atoms with Crippen molar-refractivity contribution >= 4 is 16.0 Å². The van der Waals surface area contributed by atoms with Crippen LogP contribution in [0, 0.1) is 5.92 Å². The molecule has 19 heavy (non-hydrogen) atoms. The Morgan fingerprint density at radius 2 is 1.89 bits per heavy atom. The maximum atomic E-state index is 12.2. The van der Waals surface area contributed by atoms with Crippen molar-refractivity contribution in [3.63, 3.8) is 0 Å².